The van der Waals surface area contributed by atoms with Crippen LogP contribution in [0.1, 0.15) is 13.8 Å². The molecule has 0 atom stereocenters. The van der Waals surface area contributed by atoms with E-state index in [9.17, 15) is 9.59 Å². The van der Waals surface area contributed by atoms with Gasteiger partial charge in [-0.1, -0.05) is 11.6 Å². The highest BCUT2D eigenvalue weighted by molar-refractivity contribution is 6.48. The maximum absolute atomic E-state index is 11.1. The Hall–Kier alpha value is -0.890. The molecule has 0 saturated heterocycles. The Morgan fingerprint density at radius 1 is 1.27 bits per heavy atom. The Balaban J connectivity index is 3.19. The molecule has 11 heavy (non-hydrogen) atoms. The lowest BCUT2D eigenvalue weighted by Crippen LogP contribution is -2.13. The van der Waals surface area contributed by atoms with E-state index in [0.29, 0.717) is 11.1 Å². The van der Waals surface area contributed by atoms with Gasteiger partial charge < -0.3 is 0 Å². The quantitative estimate of drug-likeness (QED) is 0.518. The van der Waals surface area contributed by atoms with Crippen molar-refractivity contribution in [2.75, 3.05) is 0 Å². The van der Waals surface area contributed by atoms with Gasteiger partial charge in [0.1, 0.15) is 0 Å². The summed E-state index contributed by atoms with van der Waals surface area (Å²) in [5, 5.41) is 0.0422. The highest BCUT2D eigenvalue weighted by Gasteiger charge is 2.21. The summed E-state index contributed by atoms with van der Waals surface area (Å²) in [4.78, 5) is 22.1. The second-order valence-corrected chi connectivity index (χ2v) is 2.84. The first-order chi connectivity index (χ1) is 5.04. The summed E-state index contributed by atoms with van der Waals surface area (Å²) >= 11 is 5.54. The monoisotopic (exact) mass is 170 g/mol. The molecule has 58 valence electrons. The molecular weight excluding hydrogens is 164 g/mol. The Kier molecular flexibility index (Phi) is 1.96. The van der Waals surface area contributed by atoms with E-state index in [1.54, 1.807) is 13.8 Å². The molecule has 1 rings (SSSR count). The SMILES string of the molecule is CC1=CC(=O)C(Cl)=C(C)C1=O. The molecule has 0 saturated carbocycles. The van der Waals surface area contributed by atoms with Gasteiger partial charge >= 0.3 is 0 Å². The summed E-state index contributed by atoms with van der Waals surface area (Å²) in [7, 11) is 0. The predicted molar refractivity (Wildman–Crippen MR) is 42.3 cm³/mol. The van der Waals surface area contributed by atoms with E-state index in [4.69, 9.17) is 11.6 Å². The molecule has 0 bridgehead atoms. The highest BCUT2D eigenvalue weighted by atomic mass is 35.5. The van der Waals surface area contributed by atoms with Crippen LogP contribution in [0, 0.1) is 0 Å². The van der Waals surface area contributed by atoms with Gasteiger partial charge in [0.15, 0.2) is 11.6 Å². The third kappa shape index (κ3) is 1.26. The maximum Gasteiger partial charge on any atom is 0.197 e. The average Bonchev–Trinajstić information content (AvgIpc) is 1.97. The van der Waals surface area contributed by atoms with E-state index in [0.717, 1.165) is 0 Å². The van der Waals surface area contributed by atoms with Gasteiger partial charge in [0.2, 0.25) is 0 Å². The molecule has 0 fully saturated rings. The highest BCUT2D eigenvalue weighted by Crippen LogP contribution is 2.20. The number of Topliss-reactive ketones (excluding diaryl/α,β-unsaturated/α-hetero) is 1. The van der Waals surface area contributed by atoms with Crippen molar-refractivity contribution in [2.24, 2.45) is 0 Å². The van der Waals surface area contributed by atoms with Crippen molar-refractivity contribution in [3.63, 3.8) is 0 Å². The fourth-order valence-corrected chi connectivity index (χ4v) is 1.05. The van der Waals surface area contributed by atoms with Crippen molar-refractivity contribution < 1.29 is 9.59 Å². The van der Waals surface area contributed by atoms with Crippen LogP contribution in [0.15, 0.2) is 22.3 Å². The summed E-state index contributed by atoms with van der Waals surface area (Å²) < 4.78 is 0. The van der Waals surface area contributed by atoms with Crippen molar-refractivity contribution in [2.45, 2.75) is 13.8 Å². The standard InChI is InChI=1S/C8H7ClO2/c1-4-3-6(10)7(9)5(2)8(4)11/h3H,1-2H3. The summed E-state index contributed by atoms with van der Waals surface area (Å²) in [6.45, 7) is 3.16. The van der Waals surface area contributed by atoms with Crippen LogP contribution in [0.25, 0.3) is 0 Å². The van der Waals surface area contributed by atoms with Crippen molar-refractivity contribution in [1.29, 1.82) is 0 Å². The van der Waals surface area contributed by atoms with Crippen LogP contribution in [0.4, 0.5) is 0 Å². The first-order valence-corrected chi connectivity index (χ1v) is 3.55. The molecule has 0 aromatic carbocycles. The van der Waals surface area contributed by atoms with Gasteiger partial charge in [-0.15, -0.1) is 0 Å². The Morgan fingerprint density at radius 2 is 1.82 bits per heavy atom. The van der Waals surface area contributed by atoms with Crippen LogP contribution in [0.5, 0.6) is 0 Å². The molecule has 0 aromatic rings. The number of hydrogen-bond donors (Lipinski definition) is 0. The molecule has 0 aliphatic heterocycles. The van der Waals surface area contributed by atoms with Crippen LogP contribution in [0.2, 0.25) is 0 Å². The van der Waals surface area contributed by atoms with E-state index in [1.165, 1.54) is 6.08 Å². The number of carbonyl (C=O) groups is 2. The molecule has 1 aliphatic rings. The minimum atomic E-state index is -0.277. The van der Waals surface area contributed by atoms with Crippen LogP contribution in [-0.4, -0.2) is 11.6 Å². The second kappa shape index (κ2) is 2.62. The van der Waals surface area contributed by atoms with Crippen LogP contribution in [0.3, 0.4) is 0 Å². The average molecular weight is 171 g/mol. The van der Waals surface area contributed by atoms with Gasteiger partial charge in [-0.25, -0.2) is 0 Å². The lowest BCUT2D eigenvalue weighted by atomic mass is 9.98. The lowest BCUT2D eigenvalue weighted by molar-refractivity contribution is -0.115. The van der Waals surface area contributed by atoms with Crippen LogP contribution >= 0.6 is 11.6 Å². The molecular formula is C8H7ClO2. The minimum Gasteiger partial charge on any atom is -0.289 e. The van der Waals surface area contributed by atoms with Gasteiger partial charge in [0, 0.05) is 11.1 Å². The van der Waals surface area contributed by atoms with Crippen molar-refractivity contribution in [3.05, 3.63) is 22.3 Å². The molecule has 0 unspecified atom stereocenters. The van der Waals surface area contributed by atoms with E-state index in [1.807, 2.05) is 0 Å². The number of hydrogen-bond acceptors (Lipinski definition) is 2. The topological polar surface area (TPSA) is 34.1 Å². The molecule has 0 radical (unpaired) electrons. The molecule has 0 heterocycles. The molecule has 3 heteroatoms. The first kappa shape index (κ1) is 8.21. The Bertz CT molecular complexity index is 297. The Labute approximate surface area is 69.5 Å². The van der Waals surface area contributed by atoms with Gasteiger partial charge in [0.05, 0.1) is 5.03 Å². The molecule has 0 aromatic heterocycles. The first-order valence-electron chi connectivity index (χ1n) is 3.17. The maximum atomic E-state index is 11.1. The molecule has 1 aliphatic carbocycles. The number of allylic oxidation sites excluding steroid dienone is 4. The van der Waals surface area contributed by atoms with Gasteiger partial charge in [-0.2, -0.15) is 0 Å². The molecule has 0 N–H and O–H groups in total. The second-order valence-electron chi connectivity index (χ2n) is 2.46. The fraction of sp³-hybridized carbons (Fsp3) is 0.250. The molecule has 0 amide bonds. The number of halogens is 1. The predicted octanol–water partition coefficient (Wildman–Crippen LogP) is 1.60. The summed E-state index contributed by atoms with van der Waals surface area (Å²) in [6.07, 6.45) is 1.26. The zero-order valence-corrected chi connectivity index (χ0v) is 7.03. The normalized spacial score (nSPS) is 19.0. The number of ketones is 2. The van der Waals surface area contributed by atoms with Crippen molar-refractivity contribution in [1.82, 2.24) is 0 Å². The largest absolute Gasteiger partial charge is 0.289 e. The van der Waals surface area contributed by atoms with Gasteiger partial charge in [0.25, 0.3) is 0 Å². The van der Waals surface area contributed by atoms with E-state index in [-0.39, 0.29) is 16.6 Å². The molecule has 0 spiro atoms. The number of rotatable bonds is 0. The smallest absolute Gasteiger partial charge is 0.197 e. The number of carbonyl (C=O) groups excluding carboxylic acids is 2. The third-order valence-electron chi connectivity index (χ3n) is 1.59. The van der Waals surface area contributed by atoms with E-state index < -0.39 is 0 Å². The van der Waals surface area contributed by atoms with Crippen LogP contribution < -0.4 is 0 Å². The summed E-state index contributed by atoms with van der Waals surface area (Å²) in [5.41, 5.74) is 0.800. The Morgan fingerprint density at radius 3 is 2.36 bits per heavy atom. The summed E-state index contributed by atoms with van der Waals surface area (Å²) in [6, 6.07) is 0. The van der Waals surface area contributed by atoms with Gasteiger partial charge in [-0.3, -0.25) is 9.59 Å². The third-order valence-corrected chi connectivity index (χ3v) is 2.06. The summed E-state index contributed by atoms with van der Waals surface area (Å²) in [5.74, 6) is -0.420. The fourth-order valence-electron chi connectivity index (χ4n) is 0.906. The van der Waals surface area contributed by atoms with Gasteiger partial charge in [-0.05, 0) is 19.9 Å². The zero-order chi connectivity index (χ0) is 8.59. The minimum absolute atomic E-state index is 0.0422. The van der Waals surface area contributed by atoms with Crippen molar-refractivity contribution >= 4 is 23.2 Å². The zero-order valence-electron chi connectivity index (χ0n) is 6.27. The van der Waals surface area contributed by atoms with Crippen molar-refractivity contribution in [3.8, 4) is 0 Å². The molecule has 2 nitrogen and oxygen atoms in total. The van der Waals surface area contributed by atoms with Crippen LogP contribution in [-0.2, 0) is 9.59 Å². The van der Waals surface area contributed by atoms with E-state index in [2.05, 4.69) is 0 Å². The lowest BCUT2D eigenvalue weighted by Gasteiger charge is -2.08. The van der Waals surface area contributed by atoms with E-state index >= 15 is 0 Å².